The van der Waals surface area contributed by atoms with Gasteiger partial charge in [0.15, 0.2) is 5.82 Å². The van der Waals surface area contributed by atoms with E-state index in [1.807, 2.05) is 39.0 Å². The molecular formula is C16H21N3O2. The Kier molecular flexibility index (Phi) is 4.98. The molecule has 21 heavy (non-hydrogen) atoms. The zero-order valence-electron chi connectivity index (χ0n) is 12.7. The third kappa shape index (κ3) is 4.34. The Labute approximate surface area is 124 Å². The predicted molar refractivity (Wildman–Crippen MR) is 82.6 cm³/mol. The Balaban J connectivity index is 1.73. The highest BCUT2D eigenvalue weighted by Gasteiger charge is 2.06. The van der Waals surface area contributed by atoms with Crippen LogP contribution in [0, 0.1) is 20.8 Å². The lowest BCUT2D eigenvalue weighted by Gasteiger charge is -2.11. The molecule has 0 unspecified atom stereocenters. The van der Waals surface area contributed by atoms with E-state index >= 15 is 0 Å². The molecular weight excluding hydrogens is 266 g/mol. The number of nitrogens with one attached hydrogen (secondary N) is 2. The van der Waals surface area contributed by atoms with Crippen molar-refractivity contribution >= 4 is 11.7 Å². The van der Waals surface area contributed by atoms with E-state index in [9.17, 15) is 4.79 Å². The van der Waals surface area contributed by atoms with Crippen LogP contribution in [0.25, 0.3) is 0 Å². The number of nitrogens with zero attached hydrogens (tertiary/aromatic N) is 1. The fraction of sp³-hybridized carbons (Fsp3) is 0.375. The van der Waals surface area contributed by atoms with Gasteiger partial charge >= 0.3 is 0 Å². The number of carbonyl (C=O) groups is 1. The van der Waals surface area contributed by atoms with Gasteiger partial charge in [-0.25, -0.2) is 0 Å². The highest BCUT2D eigenvalue weighted by atomic mass is 16.5. The van der Waals surface area contributed by atoms with Crippen molar-refractivity contribution in [3.05, 3.63) is 41.1 Å². The van der Waals surface area contributed by atoms with Crippen molar-refractivity contribution in [3.63, 3.8) is 0 Å². The van der Waals surface area contributed by atoms with Crippen LogP contribution in [-0.2, 0) is 4.79 Å². The Morgan fingerprint density at radius 2 is 2.00 bits per heavy atom. The Bertz CT molecular complexity index is 599. The summed E-state index contributed by atoms with van der Waals surface area (Å²) in [6.45, 7) is 6.46. The lowest BCUT2D eigenvalue weighted by atomic mass is 10.1. The minimum atomic E-state index is -0.0494. The van der Waals surface area contributed by atoms with Crippen LogP contribution in [0.2, 0.25) is 0 Å². The summed E-state index contributed by atoms with van der Waals surface area (Å²) in [6.07, 6.45) is 1.08. The second-order valence-electron chi connectivity index (χ2n) is 5.16. The number of anilines is 1. The minimum Gasteiger partial charge on any atom is -0.493 e. The fourth-order valence-corrected chi connectivity index (χ4v) is 2.12. The van der Waals surface area contributed by atoms with Crippen molar-refractivity contribution in [3.8, 4) is 5.75 Å². The average Bonchev–Trinajstić information content (AvgIpc) is 2.82. The summed E-state index contributed by atoms with van der Waals surface area (Å²) in [5.74, 6) is 1.43. The van der Waals surface area contributed by atoms with Crippen molar-refractivity contribution in [2.75, 3.05) is 11.9 Å². The van der Waals surface area contributed by atoms with E-state index in [1.165, 1.54) is 0 Å². The van der Waals surface area contributed by atoms with Crippen molar-refractivity contribution in [1.82, 2.24) is 10.2 Å². The van der Waals surface area contributed by atoms with Gasteiger partial charge in [-0.3, -0.25) is 9.89 Å². The number of aromatic nitrogens is 2. The molecule has 0 aliphatic carbocycles. The van der Waals surface area contributed by atoms with Crippen LogP contribution >= 0.6 is 0 Å². The predicted octanol–water partition coefficient (Wildman–Crippen LogP) is 3.13. The van der Waals surface area contributed by atoms with Gasteiger partial charge in [0.05, 0.1) is 6.61 Å². The van der Waals surface area contributed by atoms with Gasteiger partial charge in [0, 0.05) is 18.2 Å². The number of aryl methyl sites for hydroxylation is 3. The SMILES string of the molecule is Cc1cc(NC(=O)CCCOc2c(C)cccc2C)n[nH]1. The number of H-pyrrole nitrogens is 1. The van der Waals surface area contributed by atoms with E-state index in [1.54, 1.807) is 6.07 Å². The van der Waals surface area contributed by atoms with Crippen LogP contribution in [0.5, 0.6) is 5.75 Å². The quantitative estimate of drug-likeness (QED) is 0.802. The molecule has 2 rings (SSSR count). The third-order valence-electron chi connectivity index (χ3n) is 3.18. The topological polar surface area (TPSA) is 67.0 Å². The first kappa shape index (κ1) is 15.1. The molecule has 0 radical (unpaired) electrons. The molecule has 112 valence electrons. The smallest absolute Gasteiger partial charge is 0.225 e. The number of rotatable bonds is 6. The molecule has 0 bridgehead atoms. The minimum absolute atomic E-state index is 0.0494. The maximum atomic E-state index is 11.7. The molecule has 0 atom stereocenters. The van der Waals surface area contributed by atoms with Gasteiger partial charge in [-0.15, -0.1) is 0 Å². The lowest BCUT2D eigenvalue weighted by molar-refractivity contribution is -0.116. The van der Waals surface area contributed by atoms with Crippen LogP contribution in [0.4, 0.5) is 5.82 Å². The summed E-state index contributed by atoms with van der Waals surface area (Å²) in [5.41, 5.74) is 3.15. The number of hydrogen-bond acceptors (Lipinski definition) is 3. The molecule has 1 aromatic heterocycles. The number of para-hydroxylation sites is 1. The van der Waals surface area contributed by atoms with E-state index in [0.717, 1.165) is 22.6 Å². The van der Waals surface area contributed by atoms with Crippen molar-refractivity contribution in [2.45, 2.75) is 33.6 Å². The number of aromatic amines is 1. The van der Waals surface area contributed by atoms with Gasteiger partial charge in [0.1, 0.15) is 5.75 Å². The van der Waals surface area contributed by atoms with E-state index in [4.69, 9.17) is 4.74 Å². The first-order valence-corrected chi connectivity index (χ1v) is 7.07. The van der Waals surface area contributed by atoms with Crippen molar-refractivity contribution < 1.29 is 9.53 Å². The Morgan fingerprint density at radius 3 is 2.62 bits per heavy atom. The molecule has 2 aromatic rings. The molecule has 1 heterocycles. The number of benzene rings is 1. The number of hydrogen-bond donors (Lipinski definition) is 2. The second-order valence-corrected chi connectivity index (χ2v) is 5.16. The van der Waals surface area contributed by atoms with Gasteiger partial charge in [-0.1, -0.05) is 18.2 Å². The molecule has 0 aliphatic heterocycles. The van der Waals surface area contributed by atoms with Crippen LogP contribution in [0.3, 0.4) is 0 Å². The number of ether oxygens (including phenoxy) is 1. The molecule has 0 saturated heterocycles. The zero-order chi connectivity index (χ0) is 15.2. The third-order valence-corrected chi connectivity index (χ3v) is 3.18. The zero-order valence-corrected chi connectivity index (χ0v) is 12.7. The van der Waals surface area contributed by atoms with Crippen LogP contribution in [-0.4, -0.2) is 22.7 Å². The summed E-state index contributed by atoms with van der Waals surface area (Å²) in [6, 6.07) is 7.85. The summed E-state index contributed by atoms with van der Waals surface area (Å²) in [7, 11) is 0. The Morgan fingerprint density at radius 1 is 1.29 bits per heavy atom. The molecule has 0 aliphatic rings. The molecule has 2 N–H and O–H groups in total. The number of carbonyl (C=O) groups excluding carboxylic acids is 1. The summed E-state index contributed by atoms with van der Waals surface area (Å²) >= 11 is 0. The molecule has 5 heteroatoms. The lowest BCUT2D eigenvalue weighted by Crippen LogP contribution is -2.13. The van der Waals surface area contributed by atoms with Gasteiger partial charge < -0.3 is 10.1 Å². The maximum Gasteiger partial charge on any atom is 0.225 e. The highest BCUT2D eigenvalue weighted by Crippen LogP contribution is 2.22. The van der Waals surface area contributed by atoms with Crippen molar-refractivity contribution in [1.29, 1.82) is 0 Å². The van der Waals surface area contributed by atoms with E-state index in [0.29, 0.717) is 25.3 Å². The largest absolute Gasteiger partial charge is 0.493 e. The second kappa shape index (κ2) is 6.92. The molecule has 0 fully saturated rings. The summed E-state index contributed by atoms with van der Waals surface area (Å²) in [4.78, 5) is 11.7. The Hall–Kier alpha value is -2.30. The molecule has 1 aromatic carbocycles. The first-order valence-electron chi connectivity index (χ1n) is 7.07. The van der Waals surface area contributed by atoms with Gasteiger partial charge in [0.25, 0.3) is 0 Å². The molecule has 5 nitrogen and oxygen atoms in total. The first-order chi connectivity index (χ1) is 10.1. The highest BCUT2D eigenvalue weighted by molar-refractivity contribution is 5.89. The van der Waals surface area contributed by atoms with E-state index < -0.39 is 0 Å². The monoisotopic (exact) mass is 287 g/mol. The summed E-state index contributed by atoms with van der Waals surface area (Å²) < 4.78 is 5.77. The fourth-order valence-electron chi connectivity index (χ4n) is 2.12. The normalized spacial score (nSPS) is 10.4. The summed E-state index contributed by atoms with van der Waals surface area (Å²) in [5, 5.41) is 9.50. The molecule has 0 spiro atoms. The van der Waals surface area contributed by atoms with Crippen LogP contribution in [0.1, 0.15) is 29.7 Å². The van der Waals surface area contributed by atoms with Gasteiger partial charge in [-0.05, 0) is 38.3 Å². The number of amides is 1. The maximum absolute atomic E-state index is 11.7. The van der Waals surface area contributed by atoms with E-state index in [2.05, 4.69) is 15.5 Å². The van der Waals surface area contributed by atoms with E-state index in [-0.39, 0.29) is 5.91 Å². The van der Waals surface area contributed by atoms with Gasteiger partial charge in [0.2, 0.25) is 5.91 Å². The standard InChI is InChI=1S/C16H21N3O2/c1-11-6-4-7-12(2)16(11)21-9-5-8-15(20)17-14-10-13(3)18-19-14/h4,6-7,10H,5,8-9H2,1-3H3,(H2,17,18,19,20). The molecule has 1 amide bonds. The van der Waals surface area contributed by atoms with Crippen LogP contribution in [0.15, 0.2) is 24.3 Å². The van der Waals surface area contributed by atoms with Crippen LogP contribution < -0.4 is 10.1 Å². The molecule has 0 saturated carbocycles. The van der Waals surface area contributed by atoms with Gasteiger partial charge in [-0.2, -0.15) is 5.10 Å². The van der Waals surface area contributed by atoms with Crippen molar-refractivity contribution in [2.24, 2.45) is 0 Å². The average molecular weight is 287 g/mol.